The van der Waals surface area contributed by atoms with E-state index in [9.17, 15) is 21.6 Å². The molecule has 0 aliphatic carbocycles. The Morgan fingerprint density at radius 2 is 2.18 bits per heavy atom. The van der Waals surface area contributed by atoms with Gasteiger partial charge in [0, 0.05) is 12.6 Å². The van der Waals surface area contributed by atoms with Crippen LogP contribution in [-0.2, 0) is 16.0 Å². The maximum Gasteiger partial charge on any atom is 0.433 e. The lowest BCUT2D eigenvalue weighted by atomic mass is 10.1. The van der Waals surface area contributed by atoms with Gasteiger partial charge in [-0.15, -0.1) is 0 Å². The number of hydrogen-bond donors (Lipinski definition) is 1. The molecule has 1 saturated heterocycles. The van der Waals surface area contributed by atoms with Crippen LogP contribution in [0.15, 0.2) is 12.4 Å². The number of rotatable bonds is 3. The van der Waals surface area contributed by atoms with E-state index in [2.05, 4.69) is 20.4 Å². The summed E-state index contributed by atoms with van der Waals surface area (Å²) in [4.78, 5) is 7.06. The van der Waals surface area contributed by atoms with Gasteiger partial charge in [-0.25, -0.2) is 13.4 Å². The number of fused-ring (bicyclic) bond motifs is 1. The van der Waals surface area contributed by atoms with Gasteiger partial charge >= 0.3 is 6.18 Å². The zero-order valence-electron chi connectivity index (χ0n) is 11.2. The summed E-state index contributed by atoms with van der Waals surface area (Å²) in [5.41, 5.74) is -1.07. The molecular weight excluding hydrogens is 323 g/mol. The summed E-state index contributed by atoms with van der Waals surface area (Å²) in [5, 5.41) is 6.63. The molecule has 3 heterocycles. The van der Waals surface area contributed by atoms with Gasteiger partial charge in [-0.3, -0.25) is 0 Å². The van der Waals surface area contributed by atoms with Crippen LogP contribution in [0.3, 0.4) is 0 Å². The van der Waals surface area contributed by atoms with Crippen molar-refractivity contribution in [2.75, 3.05) is 23.4 Å². The van der Waals surface area contributed by atoms with E-state index in [4.69, 9.17) is 0 Å². The molecule has 1 atom stereocenters. The molecule has 1 N–H and O–H groups in total. The van der Waals surface area contributed by atoms with Crippen LogP contribution in [-0.4, -0.2) is 46.1 Å². The number of anilines is 1. The third kappa shape index (κ3) is 2.98. The molecule has 0 spiro atoms. The molecule has 120 valence electrons. The summed E-state index contributed by atoms with van der Waals surface area (Å²) >= 11 is 0. The van der Waals surface area contributed by atoms with E-state index >= 15 is 0 Å². The summed E-state index contributed by atoms with van der Waals surface area (Å²) in [6.07, 6.45) is -3.00. The second-order valence-electron chi connectivity index (χ2n) is 5.15. The van der Waals surface area contributed by atoms with E-state index in [1.54, 1.807) is 0 Å². The zero-order chi connectivity index (χ0) is 16.0. The number of aromatic nitrogens is 4. The molecule has 3 rings (SSSR count). The molecule has 0 radical (unpaired) electrons. The predicted molar refractivity (Wildman–Crippen MR) is 71.0 cm³/mol. The van der Waals surface area contributed by atoms with Crippen LogP contribution in [0.4, 0.5) is 19.0 Å². The summed E-state index contributed by atoms with van der Waals surface area (Å²) in [5.74, 6) is -0.0681. The molecule has 7 nitrogen and oxygen atoms in total. The normalized spacial score (nSPS) is 21.3. The summed E-state index contributed by atoms with van der Waals surface area (Å²) in [7, 11) is -3.03. The highest BCUT2D eigenvalue weighted by molar-refractivity contribution is 7.91. The first-order valence-corrected chi connectivity index (χ1v) is 8.29. The van der Waals surface area contributed by atoms with Crippen molar-refractivity contribution in [2.24, 2.45) is 5.92 Å². The molecule has 22 heavy (non-hydrogen) atoms. The van der Waals surface area contributed by atoms with Crippen molar-refractivity contribution in [3.63, 3.8) is 0 Å². The summed E-state index contributed by atoms with van der Waals surface area (Å²) in [6.45, 7) is 0.246. The fraction of sp³-hybridized carbons (Fsp3) is 0.545. The Labute approximate surface area is 123 Å². The van der Waals surface area contributed by atoms with Gasteiger partial charge < -0.3 is 5.32 Å². The van der Waals surface area contributed by atoms with Crippen molar-refractivity contribution in [1.82, 2.24) is 19.6 Å². The minimum absolute atomic E-state index is 0.0394. The van der Waals surface area contributed by atoms with Crippen LogP contribution < -0.4 is 5.32 Å². The zero-order valence-corrected chi connectivity index (χ0v) is 12.0. The Bertz CT molecular complexity index is 802. The van der Waals surface area contributed by atoms with E-state index in [0.717, 1.165) is 16.9 Å². The first kappa shape index (κ1) is 15.0. The predicted octanol–water partition coefficient (Wildman–Crippen LogP) is 0.990. The van der Waals surface area contributed by atoms with E-state index in [0.29, 0.717) is 6.42 Å². The van der Waals surface area contributed by atoms with E-state index in [1.165, 1.54) is 0 Å². The molecule has 0 amide bonds. The summed E-state index contributed by atoms with van der Waals surface area (Å²) < 4.78 is 62.4. The molecule has 1 aliphatic rings. The third-order valence-corrected chi connectivity index (χ3v) is 5.28. The number of nitrogens with zero attached hydrogens (tertiary/aromatic N) is 4. The van der Waals surface area contributed by atoms with Crippen LogP contribution in [0.5, 0.6) is 0 Å². The van der Waals surface area contributed by atoms with Gasteiger partial charge in [0.1, 0.15) is 12.1 Å². The maximum atomic E-state index is 12.8. The van der Waals surface area contributed by atoms with Gasteiger partial charge in [0.25, 0.3) is 5.78 Å². The second-order valence-corrected chi connectivity index (χ2v) is 7.37. The third-order valence-electron chi connectivity index (χ3n) is 3.44. The molecule has 2 aromatic heterocycles. The molecule has 0 bridgehead atoms. The van der Waals surface area contributed by atoms with Crippen LogP contribution >= 0.6 is 0 Å². The minimum Gasteiger partial charge on any atom is -0.370 e. The highest BCUT2D eigenvalue weighted by Crippen LogP contribution is 2.29. The molecule has 1 fully saturated rings. The van der Waals surface area contributed by atoms with Crippen molar-refractivity contribution < 1.29 is 21.6 Å². The van der Waals surface area contributed by atoms with Crippen molar-refractivity contribution in [3.8, 4) is 0 Å². The number of alkyl halides is 3. The quantitative estimate of drug-likeness (QED) is 0.900. The average molecular weight is 335 g/mol. The SMILES string of the molecule is O=S1(=O)CC[C@@H](CNc2cc(C(F)(F)F)nc3ncnn23)C1. The van der Waals surface area contributed by atoms with Crippen molar-refractivity contribution in [1.29, 1.82) is 0 Å². The first-order chi connectivity index (χ1) is 10.2. The maximum absolute atomic E-state index is 12.8. The number of hydrogen-bond acceptors (Lipinski definition) is 6. The molecular formula is C11H12F3N5O2S. The van der Waals surface area contributed by atoms with Crippen molar-refractivity contribution in [3.05, 3.63) is 18.1 Å². The average Bonchev–Trinajstić information content (AvgIpc) is 3.00. The lowest BCUT2D eigenvalue weighted by Crippen LogP contribution is -2.19. The lowest BCUT2D eigenvalue weighted by molar-refractivity contribution is -0.141. The van der Waals surface area contributed by atoms with Crippen molar-refractivity contribution in [2.45, 2.75) is 12.6 Å². The van der Waals surface area contributed by atoms with E-state index in [1.807, 2.05) is 0 Å². The molecule has 1 aliphatic heterocycles. The highest BCUT2D eigenvalue weighted by Gasteiger charge is 2.34. The van der Waals surface area contributed by atoms with E-state index in [-0.39, 0.29) is 35.6 Å². The Hall–Kier alpha value is -1.91. The second kappa shape index (κ2) is 5.07. The monoisotopic (exact) mass is 335 g/mol. The van der Waals surface area contributed by atoms with Gasteiger partial charge in [-0.2, -0.15) is 27.8 Å². The van der Waals surface area contributed by atoms with Crippen LogP contribution in [0.25, 0.3) is 5.78 Å². The number of nitrogens with one attached hydrogen (secondary N) is 1. The lowest BCUT2D eigenvalue weighted by Gasteiger charge is -2.13. The Morgan fingerprint density at radius 1 is 1.41 bits per heavy atom. The van der Waals surface area contributed by atoms with E-state index < -0.39 is 21.7 Å². The fourth-order valence-electron chi connectivity index (χ4n) is 2.37. The first-order valence-electron chi connectivity index (χ1n) is 6.47. The molecule has 0 unspecified atom stereocenters. The topological polar surface area (TPSA) is 89.2 Å². The minimum atomic E-state index is -4.60. The smallest absolute Gasteiger partial charge is 0.370 e. The van der Waals surface area contributed by atoms with Crippen molar-refractivity contribution >= 4 is 21.4 Å². The fourth-order valence-corrected chi connectivity index (χ4v) is 4.23. The van der Waals surface area contributed by atoms with Gasteiger partial charge in [-0.1, -0.05) is 0 Å². The Kier molecular flexibility index (Phi) is 3.46. The van der Waals surface area contributed by atoms with Crippen LogP contribution in [0, 0.1) is 5.92 Å². The molecule has 0 saturated carbocycles. The van der Waals surface area contributed by atoms with Gasteiger partial charge in [0.15, 0.2) is 15.5 Å². The van der Waals surface area contributed by atoms with Crippen LogP contribution in [0.1, 0.15) is 12.1 Å². The Balaban J connectivity index is 1.85. The number of halogens is 3. The summed E-state index contributed by atoms with van der Waals surface area (Å²) in [6, 6.07) is 0.838. The van der Waals surface area contributed by atoms with Gasteiger partial charge in [0.2, 0.25) is 0 Å². The van der Waals surface area contributed by atoms with Crippen LogP contribution in [0.2, 0.25) is 0 Å². The largest absolute Gasteiger partial charge is 0.433 e. The molecule has 11 heteroatoms. The Morgan fingerprint density at radius 3 is 2.82 bits per heavy atom. The highest BCUT2D eigenvalue weighted by atomic mass is 32.2. The molecule has 0 aromatic carbocycles. The number of sulfone groups is 1. The van der Waals surface area contributed by atoms with Gasteiger partial charge in [0.05, 0.1) is 11.5 Å². The molecule has 2 aromatic rings. The standard InChI is InChI=1S/C11H12F3N5O2S/c12-11(13,14)8-3-9(19-10(18-8)16-6-17-19)15-4-7-1-2-22(20,21)5-7/h3,6-7,15H,1-2,4-5H2/t7-/m0/s1. The van der Waals surface area contributed by atoms with Gasteiger partial charge in [-0.05, 0) is 12.3 Å².